The average Bonchev–Trinajstić information content (AvgIpc) is 2.74. The van der Waals surface area contributed by atoms with Crippen LogP contribution in [-0.2, 0) is 23.8 Å². The summed E-state index contributed by atoms with van der Waals surface area (Å²) in [6, 6.07) is 9.94. The first-order valence-corrected chi connectivity index (χ1v) is 11.4. The van der Waals surface area contributed by atoms with Gasteiger partial charge in [-0.2, -0.15) is 13.2 Å². The number of halogens is 4. The van der Waals surface area contributed by atoms with Crippen molar-refractivity contribution in [3.8, 4) is 11.1 Å². The molecule has 31 heavy (non-hydrogen) atoms. The molecule has 0 N–H and O–H groups in total. The second-order valence-electron chi connectivity index (χ2n) is 8.63. The topological polar surface area (TPSA) is 9.23 Å². The number of alkyl halides is 3. The van der Waals surface area contributed by atoms with Gasteiger partial charge in [-0.15, -0.1) is 0 Å². The van der Waals surface area contributed by atoms with Gasteiger partial charge < -0.3 is 4.74 Å². The molecule has 1 nitrogen and oxygen atoms in total. The van der Waals surface area contributed by atoms with Gasteiger partial charge in [-0.25, -0.2) is 4.39 Å². The zero-order valence-electron chi connectivity index (χ0n) is 18.4. The van der Waals surface area contributed by atoms with E-state index in [9.17, 15) is 17.6 Å². The summed E-state index contributed by atoms with van der Waals surface area (Å²) < 4.78 is 61.5. The molecule has 1 heterocycles. The quantitative estimate of drug-likeness (QED) is 0.381. The summed E-state index contributed by atoms with van der Waals surface area (Å²) in [5.41, 5.74) is 0.329. The van der Waals surface area contributed by atoms with Gasteiger partial charge in [0.05, 0.1) is 11.7 Å². The Morgan fingerprint density at radius 3 is 2.23 bits per heavy atom. The summed E-state index contributed by atoms with van der Waals surface area (Å²) in [6.07, 6.45) is 2.95. The van der Waals surface area contributed by atoms with Crippen molar-refractivity contribution in [2.45, 2.75) is 77.5 Å². The summed E-state index contributed by atoms with van der Waals surface area (Å²) >= 11 is 0. The second-order valence-corrected chi connectivity index (χ2v) is 8.63. The first-order valence-electron chi connectivity index (χ1n) is 11.4. The smallest absolute Gasteiger partial charge is 0.378 e. The molecular weight excluding hydrogens is 404 g/mol. The number of rotatable bonds is 8. The molecule has 0 aromatic heterocycles. The Kier molecular flexibility index (Phi) is 8.15. The lowest BCUT2D eigenvalue weighted by atomic mass is 9.90. The maximum atomic E-state index is 14.7. The van der Waals surface area contributed by atoms with Crippen molar-refractivity contribution in [1.29, 1.82) is 0 Å². The van der Waals surface area contributed by atoms with E-state index in [4.69, 9.17) is 4.74 Å². The summed E-state index contributed by atoms with van der Waals surface area (Å²) in [6.45, 7) is 4.79. The molecule has 2 atom stereocenters. The van der Waals surface area contributed by atoms with Crippen LogP contribution in [0.3, 0.4) is 0 Å². The fourth-order valence-corrected chi connectivity index (χ4v) is 4.46. The van der Waals surface area contributed by atoms with Gasteiger partial charge in [-0.3, -0.25) is 0 Å². The Bertz CT molecular complexity index is 834. The highest BCUT2D eigenvalue weighted by atomic mass is 19.4. The van der Waals surface area contributed by atoms with Crippen LogP contribution < -0.4 is 0 Å². The van der Waals surface area contributed by atoms with Crippen molar-refractivity contribution in [2.75, 3.05) is 6.61 Å². The minimum atomic E-state index is -4.74. The summed E-state index contributed by atoms with van der Waals surface area (Å²) in [5, 5.41) is 0. The van der Waals surface area contributed by atoms with Gasteiger partial charge in [-0.1, -0.05) is 63.1 Å². The molecule has 0 amide bonds. The van der Waals surface area contributed by atoms with E-state index in [1.54, 1.807) is 12.1 Å². The lowest BCUT2D eigenvalue weighted by Gasteiger charge is -2.29. The lowest BCUT2D eigenvalue weighted by Crippen LogP contribution is -2.26. The van der Waals surface area contributed by atoms with Crippen molar-refractivity contribution in [2.24, 2.45) is 5.92 Å². The van der Waals surface area contributed by atoms with E-state index in [1.807, 2.05) is 19.1 Å². The zero-order valence-corrected chi connectivity index (χ0v) is 18.4. The van der Waals surface area contributed by atoms with Crippen LogP contribution in [0.15, 0.2) is 36.4 Å². The first kappa shape index (κ1) is 23.8. The number of ether oxygens (including phenoxy) is 1. The van der Waals surface area contributed by atoms with Crippen molar-refractivity contribution in [3.05, 3.63) is 58.9 Å². The minimum absolute atomic E-state index is 0.0981. The van der Waals surface area contributed by atoms with Crippen molar-refractivity contribution in [1.82, 2.24) is 0 Å². The average molecular weight is 437 g/mol. The molecule has 0 aliphatic carbocycles. The molecule has 1 aliphatic rings. The Morgan fingerprint density at radius 2 is 1.65 bits per heavy atom. The van der Waals surface area contributed by atoms with E-state index < -0.39 is 17.6 Å². The second kappa shape index (κ2) is 10.6. The largest absolute Gasteiger partial charge is 0.419 e. The Labute approximate surface area is 182 Å². The normalized spacial score (nSPS) is 19.5. The molecule has 0 radical (unpaired) electrons. The molecule has 1 fully saturated rings. The molecule has 170 valence electrons. The van der Waals surface area contributed by atoms with Crippen LogP contribution in [0, 0.1) is 11.7 Å². The maximum absolute atomic E-state index is 14.7. The van der Waals surface area contributed by atoms with Crippen molar-refractivity contribution < 1.29 is 22.3 Å². The predicted octanol–water partition coefficient (Wildman–Crippen LogP) is 7.99. The zero-order chi connectivity index (χ0) is 22.4. The Balaban J connectivity index is 1.69. The first-order chi connectivity index (χ1) is 14.8. The van der Waals surface area contributed by atoms with Crippen molar-refractivity contribution in [3.63, 3.8) is 0 Å². The van der Waals surface area contributed by atoms with E-state index in [1.165, 1.54) is 18.6 Å². The van der Waals surface area contributed by atoms with Gasteiger partial charge in [-0.05, 0) is 66.7 Å². The van der Waals surface area contributed by atoms with E-state index in [-0.39, 0.29) is 17.5 Å². The van der Waals surface area contributed by atoms with Gasteiger partial charge in [0.1, 0.15) is 5.82 Å². The number of aryl methyl sites for hydroxylation is 2. The molecule has 2 unspecified atom stereocenters. The fraction of sp³-hybridized carbons (Fsp3) is 0.538. The molecule has 2 aromatic carbocycles. The highest BCUT2D eigenvalue weighted by Crippen LogP contribution is 2.40. The van der Waals surface area contributed by atoms with Crippen LogP contribution in [-0.4, -0.2) is 12.7 Å². The minimum Gasteiger partial charge on any atom is -0.378 e. The molecule has 2 aromatic rings. The SMILES string of the molecule is CCCc1ccc(-c2ccc(CCC3CCC(CCC)OC3)cc2)c(C(F)(F)F)c1F. The van der Waals surface area contributed by atoms with Gasteiger partial charge in [0.2, 0.25) is 0 Å². The standard InChI is InChI=1S/C26H32F4O/c1-3-5-21-14-16-23(24(25(21)27)26(28,29)30)20-12-9-18(10-13-20)7-8-19-11-15-22(6-4-2)31-17-19/h9-10,12-14,16,19,22H,3-8,11,15,17H2,1-2H3. The third kappa shape index (κ3) is 6.09. The highest BCUT2D eigenvalue weighted by molar-refractivity contribution is 5.69. The molecule has 0 spiro atoms. The van der Waals surface area contributed by atoms with Crippen LogP contribution in [0.4, 0.5) is 17.6 Å². The highest BCUT2D eigenvalue weighted by Gasteiger charge is 2.38. The molecule has 0 saturated carbocycles. The number of benzene rings is 2. The maximum Gasteiger partial charge on any atom is 0.419 e. The van der Waals surface area contributed by atoms with Crippen LogP contribution >= 0.6 is 0 Å². The van der Waals surface area contributed by atoms with Crippen LogP contribution in [0.1, 0.15) is 69.1 Å². The number of hydrogen-bond acceptors (Lipinski definition) is 1. The van der Waals surface area contributed by atoms with Gasteiger partial charge in [0.15, 0.2) is 0 Å². The lowest BCUT2D eigenvalue weighted by molar-refractivity contribution is -0.139. The summed E-state index contributed by atoms with van der Waals surface area (Å²) in [4.78, 5) is 0. The molecule has 5 heteroatoms. The molecule has 3 rings (SSSR count). The Hall–Kier alpha value is -1.88. The van der Waals surface area contributed by atoms with E-state index in [0.717, 1.165) is 44.3 Å². The fourth-order valence-electron chi connectivity index (χ4n) is 4.46. The van der Waals surface area contributed by atoms with E-state index >= 15 is 0 Å². The molecular formula is C26H32F4O. The molecule has 0 bridgehead atoms. The third-order valence-corrected chi connectivity index (χ3v) is 6.21. The van der Waals surface area contributed by atoms with Gasteiger partial charge in [0.25, 0.3) is 0 Å². The van der Waals surface area contributed by atoms with Crippen LogP contribution in [0.5, 0.6) is 0 Å². The summed E-state index contributed by atoms with van der Waals surface area (Å²) in [7, 11) is 0. The van der Waals surface area contributed by atoms with Crippen molar-refractivity contribution >= 4 is 0 Å². The summed E-state index contributed by atoms with van der Waals surface area (Å²) in [5.74, 6) is -0.612. The van der Waals surface area contributed by atoms with Crippen LogP contribution in [0.25, 0.3) is 11.1 Å². The monoisotopic (exact) mass is 436 g/mol. The predicted molar refractivity (Wildman–Crippen MR) is 117 cm³/mol. The van der Waals surface area contributed by atoms with E-state index in [2.05, 4.69) is 6.92 Å². The third-order valence-electron chi connectivity index (χ3n) is 6.21. The van der Waals surface area contributed by atoms with Gasteiger partial charge >= 0.3 is 6.18 Å². The van der Waals surface area contributed by atoms with Gasteiger partial charge in [0, 0.05) is 6.61 Å². The number of hydrogen-bond donors (Lipinski definition) is 0. The Morgan fingerprint density at radius 1 is 0.903 bits per heavy atom. The molecule has 1 aliphatic heterocycles. The molecule has 1 saturated heterocycles. The van der Waals surface area contributed by atoms with E-state index in [0.29, 0.717) is 24.0 Å². The van der Waals surface area contributed by atoms with Crippen LogP contribution in [0.2, 0.25) is 0 Å².